The smallest absolute Gasteiger partial charge is 0.132 e. The topological polar surface area (TPSA) is 41.1 Å². The first kappa shape index (κ1) is 15.9. The van der Waals surface area contributed by atoms with E-state index in [0.717, 1.165) is 42.0 Å². The van der Waals surface area contributed by atoms with Crippen molar-refractivity contribution in [2.24, 2.45) is 0 Å². The highest BCUT2D eigenvalue weighted by Crippen LogP contribution is 2.21. The van der Waals surface area contributed by atoms with Crippen molar-refractivity contribution >= 4 is 21.7 Å². The summed E-state index contributed by atoms with van der Waals surface area (Å²) in [6, 6.07) is 8.15. The molecule has 0 bridgehead atoms. The van der Waals surface area contributed by atoms with Gasteiger partial charge in [-0.15, -0.1) is 0 Å². The van der Waals surface area contributed by atoms with Crippen molar-refractivity contribution in [3.05, 3.63) is 52.4 Å². The molecule has 0 spiro atoms. The van der Waals surface area contributed by atoms with Crippen LogP contribution in [0.1, 0.15) is 18.2 Å². The first-order valence-corrected chi connectivity index (χ1v) is 7.96. The van der Waals surface area contributed by atoms with Crippen LogP contribution < -0.4 is 10.2 Å². The Bertz CT molecular complexity index is 559. The van der Waals surface area contributed by atoms with Gasteiger partial charge in [0.25, 0.3) is 0 Å². The highest BCUT2D eigenvalue weighted by Gasteiger charge is 2.10. The maximum absolute atomic E-state index is 4.56. The third kappa shape index (κ3) is 4.79. The molecule has 2 heterocycles. The van der Waals surface area contributed by atoms with Gasteiger partial charge in [0.05, 0.1) is 0 Å². The molecule has 112 valence electrons. The van der Waals surface area contributed by atoms with Crippen molar-refractivity contribution in [3.63, 3.8) is 0 Å². The Morgan fingerprint density at radius 2 is 2.14 bits per heavy atom. The molecule has 0 aromatic carbocycles. The van der Waals surface area contributed by atoms with Crippen LogP contribution in [0.5, 0.6) is 0 Å². The maximum Gasteiger partial charge on any atom is 0.132 e. The van der Waals surface area contributed by atoms with Gasteiger partial charge in [-0.1, -0.05) is 13.0 Å². The van der Waals surface area contributed by atoms with Crippen LogP contribution in [0.15, 0.2) is 41.1 Å². The normalized spacial score (nSPS) is 10.6. The predicted molar refractivity (Wildman–Crippen MR) is 90.5 cm³/mol. The van der Waals surface area contributed by atoms with E-state index >= 15 is 0 Å². The monoisotopic (exact) mass is 348 g/mol. The van der Waals surface area contributed by atoms with E-state index in [-0.39, 0.29) is 0 Å². The summed E-state index contributed by atoms with van der Waals surface area (Å²) in [6.07, 6.45) is 4.60. The van der Waals surface area contributed by atoms with Crippen LogP contribution in [0.3, 0.4) is 0 Å². The average molecular weight is 349 g/mol. The Morgan fingerprint density at radius 3 is 2.86 bits per heavy atom. The molecular weight excluding hydrogens is 328 g/mol. The van der Waals surface area contributed by atoms with E-state index in [9.17, 15) is 0 Å². The lowest BCUT2D eigenvalue weighted by Crippen LogP contribution is -2.24. The zero-order valence-electron chi connectivity index (χ0n) is 12.5. The van der Waals surface area contributed by atoms with Crippen LogP contribution in [0.2, 0.25) is 0 Å². The second-order valence-electron chi connectivity index (χ2n) is 4.91. The molecule has 1 N–H and O–H groups in total. The standard InChI is InChI=1S/C16H21BrN4/c1-3-18-11-13-10-14(17)12-20-16(13)21(2)9-7-15-6-4-5-8-19-15/h4-6,8,10,12,18H,3,7,9,11H2,1-2H3. The van der Waals surface area contributed by atoms with E-state index in [1.54, 1.807) is 0 Å². The summed E-state index contributed by atoms with van der Waals surface area (Å²) in [5.41, 5.74) is 2.31. The van der Waals surface area contributed by atoms with Crippen LogP contribution in [0.4, 0.5) is 5.82 Å². The molecule has 0 atom stereocenters. The number of hydrogen-bond acceptors (Lipinski definition) is 4. The minimum Gasteiger partial charge on any atom is -0.359 e. The number of pyridine rings is 2. The van der Waals surface area contributed by atoms with Gasteiger partial charge < -0.3 is 10.2 Å². The summed E-state index contributed by atoms with van der Waals surface area (Å²) < 4.78 is 1.01. The fourth-order valence-electron chi connectivity index (χ4n) is 2.14. The van der Waals surface area contributed by atoms with Crippen LogP contribution in [-0.2, 0) is 13.0 Å². The summed E-state index contributed by atoms with van der Waals surface area (Å²) in [5.74, 6) is 1.02. The molecule has 0 radical (unpaired) electrons. The fourth-order valence-corrected chi connectivity index (χ4v) is 2.52. The van der Waals surface area contributed by atoms with Crippen LogP contribution in [-0.4, -0.2) is 30.1 Å². The van der Waals surface area contributed by atoms with Gasteiger partial charge in [0, 0.05) is 54.7 Å². The van der Waals surface area contributed by atoms with Crippen molar-refractivity contribution in [3.8, 4) is 0 Å². The molecular formula is C16H21BrN4. The number of nitrogens with zero attached hydrogens (tertiary/aromatic N) is 3. The minimum atomic E-state index is 0.826. The minimum absolute atomic E-state index is 0.826. The van der Waals surface area contributed by atoms with Crippen molar-refractivity contribution in [1.82, 2.24) is 15.3 Å². The lowest BCUT2D eigenvalue weighted by atomic mass is 10.2. The summed E-state index contributed by atoms with van der Waals surface area (Å²) in [6.45, 7) is 4.77. The van der Waals surface area contributed by atoms with Gasteiger partial charge in [0.1, 0.15) is 5.82 Å². The quantitative estimate of drug-likeness (QED) is 0.834. The third-order valence-corrected chi connectivity index (χ3v) is 3.70. The molecule has 0 saturated heterocycles. The molecule has 0 aliphatic carbocycles. The zero-order valence-corrected chi connectivity index (χ0v) is 14.1. The maximum atomic E-state index is 4.56. The molecule has 0 amide bonds. The summed E-state index contributed by atoms with van der Waals surface area (Å²) in [4.78, 5) is 11.1. The van der Waals surface area contributed by atoms with E-state index in [1.807, 2.05) is 24.5 Å². The molecule has 4 nitrogen and oxygen atoms in total. The van der Waals surface area contributed by atoms with Crippen LogP contribution in [0.25, 0.3) is 0 Å². The Labute approximate surface area is 134 Å². The largest absolute Gasteiger partial charge is 0.359 e. The Morgan fingerprint density at radius 1 is 1.29 bits per heavy atom. The van der Waals surface area contributed by atoms with E-state index in [2.05, 4.69) is 62.2 Å². The molecule has 2 rings (SSSR count). The van der Waals surface area contributed by atoms with Gasteiger partial charge in [-0.05, 0) is 40.7 Å². The van der Waals surface area contributed by atoms with E-state index in [1.165, 1.54) is 5.56 Å². The number of rotatable bonds is 7. The van der Waals surface area contributed by atoms with Gasteiger partial charge in [-0.2, -0.15) is 0 Å². The van der Waals surface area contributed by atoms with Crippen molar-refractivity contribution in [1.29, 1.82) is 0 Å². The Kier molecular flexibility index (Phi) is 6.14. The van der Waals surface area contributed by atoms with E-state index in [0.29, 0.717) is 0 Å². The first-order valence-electron chi connectivity index (χ1n) is 7.17. The summed E-state index contributed by atoms with van der Waals surface area (Å²) in [5, 5.41) is 3.36. The molecule has 2 aromatic heterocycles. The predicted octanol–water partition coefficient (Wildman–Crippen LogP) is 3.03. The molecule has 0 saturated carbocycles. The Balaban J connectivity index is 2.05. The number of halogens is 1. The van der Waals surface area contributed by atoms with Gasteiger partial charge in [-0.3, -0.25) is 4.98 Å². The van der Waals surface area contributed by atoms with Crippen LogP contribution in [0, 0.1) is 0 Å². The number of hydrogen-bond donors (Lipinski definition) is 1. The zero-order chi connectivity index (χ0) is 15.1. The molecule has 0 aliphatic heterocycles. The fraction of sp³-hybridized carbons (Fsp3) is 0.375. The van der Waals surface area contributed by atoms with Gasteiger partial charge in [0.15, 0.2) is 0 Å². The first-order chi connectivity index (χ1) is 10.2. The molecule has 0 aliphatic rings. The number of aromatic nitrogens is 2. The highest BCUT2D eigenvalue weighted by molar-refractivity contribution is 9.10. The van der Waals surface area contributed by atoms with E-state index < -0.39 is 0 Å². The van der Waals surface area contributed by atoms with Crippen molar-refractivity contribution < 1.29 is 0 Å². The number of anilines is 1. The van der Waals surface area contributed by atoms with E-state index in [4.69, 9.17) is 0 Å². The molecule has 21 heavy (non-hydrogen) atoms. The molecule has 0 fully saturated rings. The van der Waals surface area contributed by atoms with Gasteiger partial charge in [-0.25, -0.2) is 4.98 Å². The molecule has 2 aromatic rings. The highest BCUT2D eigenvalue weighted by atomic mass is 79.9. The lowest BCUT2D eigenvalue weighted by molar-refractivity contribution is 0.717. The number of likely N-dealkylation sites (N-methyl/N-ethyl adjacent to an activating group) is 1. The van der Waals surface area contributed by atoms with Crippen molar-refractivity contribution in [2.45, 2.75) is 19.9 Å². The van der Waals surface area contributed by atoms with Crippen molar-refractivity contribution in [2.75, 3.05) is 25.0 Å². The SMILES string of the molecule is CCNCc1cc(Br)cnc1N(C)CCc1ccccn1. The molecule has 0 unspecified atom stereocenters. The summed E-state index contributed by atoms with van der Waals surface area (Å²) >= 11 is 3.49. The van der Waals surface area contributed by atoms with Gasteiger partial charge >= 0.3 is 0 Å². The summed E-state index contributed by atoms with van der Waals surface area (Å²) in [7, 11) is 2.08. The lowest BCUT2D eigenvalue weighted by Gasteiger charge is -2.21. The third-order valence-electron chi connectivity index (χ3n) is 3.27. The Hall–Kier alpha value is -1.46. The average Bonchev–Trinajstić information content (AvgIpc) is 2.51. The molecule has 5 heteroatoms. The number of nitrogens with one attached hydrogen (secondary N) is 1. The van der Waals surface area contributed by atoms with Crippen LogP contribution >= 0.6 is 15.9 Å². The second-order valence-corrected chi connectivity index (χ2v) is 5.82. The van der Waals surface area contributed by atoms with Gasteiger partial charge in [0.2, 0.25) is 0 Å². The second kappa shape index (κ2) is 8.10.